The summed E-state index contributed by atoms with van der Waals surface area (Å²) in [6, 6.07) is 0. The van der Waals surface area contributed by atoms with E-state index in [1.54, 1.807) is 0 Å². The highest BCUT2D eigenvalue weighted by Crippen LogP contribution is 2.31. The Morgan fingerprint density at radius 3 is 2.50 bits per heavy atom. The third-order valence-corrected chi connectivity index (χ3v) is 1.34. The van der Waals surface area contributed by atoms with Crippen molar-refractivity contribution in [1.82, 2.24) is 0 Å². The van der Waals surface area contributed by atoms with Crippen molar-refractivity contribution in [2.75, 3.05) is 6.61 Å². The molecule has 0 aromatic rings. The summed E-state index contributed by atoms with van der Waals surface area (Å²) in [6.07, 6.45) is 3.95. The molecule has 2 nitrogen and oxygen atoms in total. The van der Waals surface area contributed by atoms with Gasteiger partial charge in [0.05, 0.1) is 6.61 Å². The maximum atomic E-state index is 4.80. The van der Waals surface area contributed by atoms with Crippen LogP contribution in [0.15, 0.2) is 0 Å². The lowest BCUT2D eigenvalue weighted by Crippen LogP contribution is -2.00. The molecule has 0 saturated heterocycles. The number of halogens is 1. The van der Waals surface area contributed by atoms with Crippen LogP contribution in [-0.2, 0) is 4.84 Å². The first kappa shape index (κ1) is 8.21. The summed E-state index contributed by atoms with van der Waals surface area (Å²) >= 11 is 0. The highest BCUT2D eigenvalue weighted by molar-refractivity contribution is 5.85. The van der Waals surface area contributed by atoms with Gasteiger partial charge in [-0.15, -0.1) is 12.4 Å². The van der Waals surface area contributed by atoms with Crippen molar-refractivity contribution in [3.63, 3.8) is 0 Å². The van der Waals surface area contributed by atoms with Crippen LogP contribution in [0.5, 0.6) is 0 Å². The third kappa shape index (κ3) is 3.24. The van der Waals surface area contributed by atoms with Crippen LogP contribution in [0.4, 0.5) is 0 Å². The number of hydrogen-bond acceptors (Lipinski definition) is 2. The minimum absolute atomic E-state index is 0. The summed E-state index contributed by atoms with van der Waals surface area (Å²) in [6.45, 7) is 0.741. The van der Waals surface area contributed by atoms with Gasteiger partial charge in [0.1, 0.15) is 0 Å². The van der Waals surface area contributed by atoms with Crippen molar-refractivity contribution in [1.29, 1.82) is 0 Å². The van der Waals surface area contributed by atoms with E-state index in [0.717, 1.165) is 18.9 Å². The van der Waals surface area contributed by atoms with Crippen molar-refractivity contribution in [2.45, 2.75) is 19.3 Å². The minimum atomic E-state index is 0. The van der Waals surface area contributed by atoms with Crippen molar-refractivity contribution < 1.29 is 4.84 Å². The second kappa shape index (κ2) is 4.13. The average molecular weight is 138 g/mol. The quantitative estimate of drug-likeness (QED) is 0.592. The molecule has 0 radical (unpaired) electrons. The molecule has 50 valence electrons. The Hall–Kier alpha value is 0.210. The summed E-state index contributed by atoms with van der Waals surface area (Å²) in [7, 11) is 0. The largest absolute Gasteiger partial charge is 0.305 e. The van der Waals surface area contributed by atoms with Crippen molar-refractivity contribution in [2.24, 2.45) is 11.8 Å². The molecule has 0 atom stereocenters. The Kier molecular flexibility index (Phi) is 4.23. The maximum Gasteiger partial charge on any atom is 0.0681 e. The molecule has 1 fully saturated rings. The summed E-state index contributed by atoms with van der Waals surface area (Å²) < 4.78 is 0. The van der Waals surface area contributed by atoms with Crippen LogP contribution >= 0.6 is 12.4 Å². The Morgan fingerprint density at radius 2 is 2.12 bits per heavy atom. The highest BCUT2D eigenvalue weighted by atomic mass is 35.5. The minimum Gasteiger partial charge on any atom is -0.305 e. The molecule has 0 heterocycles. The Balaban J connectivity index is 0.000000490. The summed E-state index contributed by atoms with van der Waals surface area (Å²) in [5.74, 6) is 5.75. The van der Waals surface area contributed by atoms with Crippen LogP contribution < -0.4 is 5.90 Å². The first-order valence-electron chi connectivity index (χ1n) is 2.75. The van der Waals surface area contributed by atoms with Gasteiger partial charge >= 0.3 is 0 Å². The fraction of sp³-hybridized carbons (Fsp3) is 1.00. The molecule has 0 unspecified atom stereocenters. The average Bonchev–Trinajstić information content (AvgIpc) is 2.42. The van der Waals surface area contributed by atoms with Gasteiger partial charge in [-0.3, -0.25) is 0 Å². The maximum absolute atomic E-state index is 4.80. The van der Waals surface area contributed by atoms with Gasteiger partial charge in [-0.2, -0.15) is 0 Å². The third-order valence-electron chi connectivity index (χ3n) is 1.34. The Morgan fingerprint density at radius 1 is 1.50 bits per heavy atom. The standard InChI is InChI=1S/C5H11NO.ClH/c6-7-4-3-5-1-2-5;/h5H,1-4,6H2;1H. The normalized spacial score (nSPS) is 17.6. The lowest BCUT2D eigenvalue weighted by Gasteiger charge is -1.90. The lowest BCUT2D eigenvalue weighted by molar-refractivity contribution is 0.131. The molecule has 0 aliphatic heterocycles. The first-order valence-corrected chi connectivity index (χ1v) is 2.75. The van der Waals surface area contributed by atoms with Gasteiger partial charge in [0.2, 0.25) is 0 Å². The molecule has 0 amide bonds. The van der Waals surface area contributed by atoms with Gasteiger partial charge < -0.3 is 4.84 Å². The summed E-state index contributed by atoms with van der Waals surface area (Å²) in [4.78, 5) is 4.39. The molecular weight excluding hydrogens is 126 g/mol. The van der Waals surface area contributed by atoms with Crippen LogP contribution in [0, 0.1) is 5.92 Å². The van der Waals surface area contributed by atoms with Gasteiger partial charge in [0, 0.05) is 0 Å². The number of hydrogen-bond donors (Lipinski definition) is 1. The van der Waals surface area contributed by atoms with Gasteiger partial charge in [-0.1, -0.05) is 12.8 Å². The van der Waals surface area contributed by atoms with E-state index in [9.17, 15) is 0 Å². The molecule has 0 aromatic carbocycles. The van der Waals surface area contributed by atoms with Gasteiger partial charge in [0.25, 0.3) is 0 Å². The van der Waals surface area contributed by atoms with Crippen molar-refractivity contribution >= 4 is 12.4 Å². The summed E-state index contributed by atoms with van der Waals surface area (Å²) in [5, 5.41) is 0. The first-order chi connectivity index (χ1) is 3.43. The van der Waals surface area contributed by atoms with Crippen LogP contribution in [-0.4, -0.2) is 6.61 Å². The van der Waals surface area contributed by atoms with E-state index in [1.807, 2.05) is 0 Å². The Labute approximate surface area is 55.8 Å². The molecule has 0 aromatic heterocycles. The molecule has 1 rings (SSSR count). The molecule has 0 spiro atoms. The number of rotatable bonds is 3. The topological polar surface area (TPSA) is 35.2 Å². The molecule has 2 N–H and O–H groups in total. The van der Waals surface area contributed by atoms with E-state index >= 15 is 0 Å². The van der Waals surface area contributed by atoms with E-state index in [-0.39, 0.29) is 12.4 Å². The molecule has 1 aliphatic rings. The Bertz CT molecular complexity index is 56.4. The van der Waals surface area contributed by atoms with E-state index in [0.29, 0.717) is 0 Å². The van der Waals surface area contributed by atoms with Gasteiger partial charge in [-0.05, 0) is 12.3 Å². The predicted molar refractivity (Wildman–Crippen MR) is 34.7 cm³/mol. The molecular formula is C5H12ClNO. The molecule has 1 saturated carbocycles. The van der Waals surface area contributed by atoms with Crippen molar-refractivity contribution in [3.05, 3.63) is 0 Å². The molecule has 1 aliphatic carbocycles. The molecule has 3 heteroatoms. The van der Waals surface area contributed by atoms with E-state index in [2.05, 4.69) is 4.84 Å². The smallest absolute Gasteiger partial charge is 0.0681 e. The van der Waals surface area contributed by atoms with Crippen LogP contribution in [0.3, 0.4) is 0 Å². The van der Waals surface area contributed by atoms with Gasteiger partial charge in [-0.25, -0.2) is 5.90 Å². The zero-order valence-electron chi connectivity index (χ0n) is 4.80. The molecule has 0 bridgehead atoms. The van der Waals surface area contributed by atoms with Crippen molar-refractivity contribution in [3.8, 4) is 0 Å². The zero-order chi connectivity index (χ0) is 5.11. The second-order valence-corrected chi connectivity index (χ2v) is 2.10. The zero-order valence-corrected chi connectivity index (χ0v) is 5.62. The fourth-order valence-corrected chi connectivity index (χ4v) is 0.641. The van der Waals surface area contributed by atoms with Crippen LogP contribution in [0.1, 0.15) is 19.3 Å². The van der Waals surface area contributed by atoms with E-state index in [1.165, 1.54) is 12.8 Å². The lowest BCUT2D eigenvalue weighted by atomic mass is 10.3. The summed E-state index contributed by atoms with van der Waals surface area (Å²) in [5.41, 5.74) is 0. The SMILES string of the molecule is Cl.NOCCC1CC1. The van der Waals surface area contributed by atoms with Crippen LogP contribution in [0.2, 0.25) is 0 Å². The monoisotopic (exact) mass is 137 g/mol. The number of nitrogens with two attached hydrogens (primary N) is 1. The van der Waals surface area contributed by atoms with Crippen LogP contribution in [0.25, 0.3) is 0 Å². The van der Waals surface area contributed by atoms with Gasteiger partial charge in [0.15, 0.2) is 0 Å². The second-order valence-electron chi connectivity index (χ2n) is 2.10. The molecule has 8 heavy (non-hydrogen) atoms. The predicted octanol–water partition coefficient (Wildman–Crippen LogP) is 1.10. The van der Waals surface area contributed by atoms with E-state index in [4.69, 9.17) is 5.90 Å². The van der Waals surface area contributed by atoms with E-state index < -0.39 is 0 Å². The fourth-order valence-electron chi connectivity index (χ4n) is 0.641. The highest BCUT2D eigenvalue weighted by Gasteiger charge is 2.19.